The maximum absolute atomic E-state index is 13.6. The molecule has 0 aliphatic heterocycles. The Morgan fingerprint density at radius 1 is 1.00 bits per heavy atom. The fourth-order valence-corrected chi connectivity index (χ4v) is 4.03. The quantitative estimate of drug-likeness (QED) is 0.337. The van der Waals surface area contributed by atoms with Gasteiger partial charge in [-0.1, -0.05) is 31.2 Å². The van der Waals surface area contributed by atoms with Crippen molar-refractivity contribution in [2.75, 3.05) is 20.2 Å². The smallest absolute Gasteiger partial charge is 0.251 e. The number of hydrogen-bond acceptors (Lipinski definition) is 5. The molecule has 38 heavy (non-hydrogen) atoms. The summed E-state index contributed by atoms with van der Waals surface area (Å²) in [5, 5.41) is 13.4. The first-order valence-electron chi connectivity index (χ1n) is 12.3. The largest absolute Gasteiger partial charge is 0.497 e. The molecule has 3 rings (SSSR count). The van der Waals surface area contributed by atoms with Crippen LogP contribution in [0.2, 0.25) is 0 Å². The van der Waals surface area contributed by atoms with Crippen LogP contribution >= 0.6 is 0 Å². The average Bonchev–Trinajstić information content (AvgIpc) is 2.90. The number of aliphatic hydroxyl groups excluding tert-OH is 1. The molecule has 9 heteroatoms. The molecule has 0 saturated carbocycles. The van der Waals surface area contributed by atoms with Crippen LogP contribution in [0.25, 0.3) is 0 Å². The third-order valence-electron chi connectivity index (χ3n) is 6.17. The van der Waals surface area contributed by atoms with Gasteiger partial charge in [0, 0.05) is 30.8 Å². The summed E-state index contributed by atoms with van der Waals surface area (Å²) >= 11 is 0. The van der Waals surface area contributed by atoms with Crippen LogP contribution < -0.4 is 15.8 Å². The summed E-state index contributed by atoms with van der Waals surface area (Å²) in [4.78, 5) is 27.1. The zero-order valence-electron chi connectivity index (χ0n) is 21.5. The van der Waals surface area contributed by atoms with Gasteiger partial charge in [0.1, 0.15) is 17.4 Å². The second kappa shape index (κ2) is 13.6. The summed E-state index contributed by atoms with van der Waals surface area (Å²) in [5.41, 5.74) is 8.76. The highest BCUT2D eigenvalue weighted by atomic mass is 19.1. The monoisotopic (exact) mass is 525 g/mol. The average molecular weight is 526 g/mol. The van der Waals surface area contributed by atoms with Crippen LogP contribution in [0.4, 0.5) is 8.78 Å². The molecule has 0 bridgehead atoms. The summed E-state index contributed by atoms with van der Waals surface area (Å²) in [5.74, 6) is -1.72. The van der Waals surface area contributed by atoms with Crippen molar-refractivity contribution in [1.29, 1.82) is 0 Å². The lowest BCUT2D eigenvalue weighted by Crippen LogP contribution is -2.48. The number of ether oxygens (including phenoxy) is 1. The SMILES string of the molecule is CCc1cccc(CN(C[C@H](O)[C@H](N)Cc2cc(F)cc(F)c2)C(=O)CNC(=O)c2ccc(OC)cc2)c1. The minimum absolute atomic E-state index is 0.0113. The zero-order chi connectivity index (χ0) is 27.7. The van der Waals surface area contributed by atoms with E-state index in [-0.39, 0.29) is 26.1 Å². The number of carbonyl (C=O) groups excluding carboxylic acids is 2. The molecule has 3 aromatic rings. The number of nitrogens with two attached hydrogens (primary N) is 1. The fraction of sp³-hybridized carbons (Fsp3) is 0.310. The minimum Gasteiger partial charge on any atom is -0.497 e. The maximum atomic E-state index is 13.6. The molecule has 0 fully saturated rings. The lowest BCUT2D eigenvalue weighted by Gasteiger charge is -2.28. The van der Waals surface area contributed by atoms with E-state index < -0.39 is 35.6 Å². The van der Waals surface area contributed by atoms with Crippen molar-refractivity contribution in [2.24, 2.45) is 5.73 Å². The van der Waals surface area contributed by atoms with Crippen molar-refractivity contribution in [2.45, 2.75) is 38.5 Å². The second-order valence-corrected chi connectivity index (χ2v) is 9.07. The van der Waals surface area contributed by atoms with Gasteiger partial charge in [-0.25, -0.2) is 8.78 Å². The number of benzene rings is 3. The first-order valence-corrected chi connectivity index (χ1v) is 12.3. The second-order valence-electron chi connectivity index (χ2n) is 9.07. The number of rotatable bonds is 12. The van der Waals surface area contributed by atoms with Crippen LogP contribution in [-0.2, 0) is 24.2 Å². The van der Waals surface area contributed by atoms with E-state index in [1.54, 1.807) is 24.3 Å². The third-order valence-corrected chi connectivity index (χ3v) is 6.17. The van der Waals surface area contributed by atoms with Crippen LogP contribution in [0.3, 0.4) is 0 Å². The third kappa shape index (κ3) is 8.36. The van der Waals surface area contributed by atoms with Crippen molar-refractivity contribution >= 4 is 11.8 Å². The summed E-state index contributed by atoms with van der Waals surface area (Å²) in [7, 11) is 1.52. The molecule has 0 aliphatic rings. The molecule has 0 aliphatic carbocycles. The molecular weight excluding hydrogens is 492 g/mol. The van der Waals surface area contributed by atoms with E-state index in [4.69, 9.17) is 10.5 Å². The Bertz CT molecular complexity index is 1220. The maximum Gasteiger partial charge on any atom is 0.251 e. The van der Waals surface area contributed by atoms with E-state index in [2.05, 4.69) is 5.32 Å². The number of carbonyl (C=O) groups is 2. The van der Waals surface area contributed by atoms with Gasteiger partial charge < -0.3 is 25.8 Å². The molecule has 3 aromatic carbocycles. The fourth-order valence-electron chi connectivity index (χ4n) is 4.03. The normalized spacial score (nSPS) is 12.5. The van der Waals surface area contributed by atoms with Crippen LogP contribution in [0.1, 0.15) is 34.0 Å². The van der Waals surface area contributed by atoms with Crippen molar-refractivity contribution in [3.63, 3.8) is 0 Å². The molecule has 4 N–H and O–H groups in total. The van der Waals surface area contributed by atoms with Crippen LogP contribution in [-0.4, -0.2) is 54.2 Å². The Morgan fingerprint density at radius 3 is 2.29 bits per heavy atom. The molecule has 2 amide bonds. The van der Waals surface area contributed by atoms with E-state index in [0.717, 1.165) is 35.7 Å². The molecule has 0 heterocycles. The summed E-state index contributed by atoms with van der Waals surface area (Å²) in [6, 6.07) is 16.4. The first kappa shape index (κ1) is 28.7. The number of amides is 2. The molecule has 202 valence electrons. The van der Waals surface area contributed by atoms with Gasteiger partial charge in [0.2, 0.25) is 5.91 Å². The Balaban J connectivity index is 1.70. The van der Waals surface area contributed by atoms with Crippen LogP contribution in [0, 0.1) is 11.6 Å². The predicted molar refractivity (Wildman–Crippen MR) is 141 cm³/mol. The van der Waals surface area contributed by atoms with E-state index in [1.165, 1.54) is 12.0 Å². The van der Waals surface area contributed by atoms with Crippen molar-refractivity contribution < 1.29 is 28.2 Å². The number of methoxy groups -OCH3 is 1. The number of nitrogens with zero attached hydrogens (tertiary/aromatic N) is 1. The predicted octanol–water partition coefficient (Wildman–Crippen LogP) is 3.23. The van der Waals surface area contributed by atoms with E-state index >= 15 is 0 Å². The van der Waals surface area contributed by atoms with Gasteiger partial charge in [0.15, 0.2) is 0 Å². The van der Waals surface area contributed by atoms with Crippen LogP contribution in [0.15, 0.2) is 66.7 Å². The summed E-state index contributed by atoms with van der Waals surface area (Å²) < 4.78 is 32.2. The summed E-state index contributed by atoms with van der Waals surface area (Å²) in [6.45, 7) is 1.78. The molecule has 0 spiro atoms. The molecular formula is C29H33F2N3O4. The van der Waals surface area contributed by atoms with E-state index in [1.807, 2.05) is 31.2 Å². The van der Waals surface area contributed by atoms with E-state index in [9.17, 15) is 23.5 Å². The first-order chi connectivity index (χ1) is 18.2. The van der Waals surface area contributed by atoms with Gasteiger partial charge in [0.25, 0.3) is 5.91 Å². The topological polar surface area (TPSA) is 105 Å². The standard InChI is InChI=1S/C29H33F2N3O4/c1-3-19-5-4-6-20(11-19)17-34(18-27(35)26(32)14-21-12-23(30)15-24(31)13-21)28(36)16-33-29(37)22-7-9-25(38-2)10-8-22/h4-13,15,26-27,35H,3,14,16-18,32H2,1-2H3,(H,33,37)/t26-,27+/m1/s1. The molecule has 0 saturated heterocycles. The molecule has 0 radical (unpaired) electrons. The van der Waals surface area contributed by atoms with Gasteiger partial charge in [-0.3, -0.25) is 9.59 Å². The Morgan fingerprint density at radius 2 is 1.66 bits per heavy atom. The Kier molecular flexibility index (Phi) is 10.3. The minimum atomic E-state index is -1.18. The molecule has 0 aromatic heterocycles. The molecule has 0 unspecified atom stereocenters. The highest BCUT2D eigenvalue weighted by Crippen LogP contribution is 2.14. The highest BCUT2D eigenvalue weighted by Gasteiger charge is 2.23. The number of aliphatic hydroxyl groups is 1. The molecule has 7 nitrogen and oxygen atoms in total. The van der Waals surface area contributed by atoms with Crippen molar-refractivity contribution in [1.82, 2.24) is 10.2 Å². The van der Waals surface area contributed by atoms with Gasteiger partial charge in [-0.05, 0) is 65.9 Å². The van der Waals surface area contributed by atoms with Crippen LogP contribution in [0.5, 0.6) is 5.75 Å². The highest BCUT2D eigenvalue weighted by molar-refractivity contribution is 5.96. The van der Waals surface area contributed by atoms with Gasteiger partial charge in [-0.2, -0.15) is 0 Å². The Labute approximate surface area is 221 Å². The number of hydrogen-bond donors (Lipinski definition) is 3. The summed E-state index contributed by atoms with van der Waals surface area (Å²) in [6.07, 6.45) is -0.355. The number of halogens is 2. The van der Waals surface area contributed by atoms with Crippen molar-refractivity contribution in [3.8, 4) is 5.75 Å². The number of aryl methyl sites for hydroxylation is 1. The van der Waals surface area contributed by atoms with Crippen molar-refractivity contribution in [3.05, 3.63) is 101 Å². The van der Waals surface area contributed by atoms with Gasteiger partial charge in [-0.15, -0.1) is 0 Å². The van der Waals surface area contributed by atoms with Gasteiger partial charge in [0.05, 0.1) is 19.8 Å². The van der Waals surface area contributed by atoms with E-state index in [0.29, 0.717) is 16.9 Å². The van der Waals surface area contributed by atoms with Gasteiger partial charge >= 0.3 is 0 Å². The zero-order valence-corrected chi connectivity index (χ0v) is 21.5. The lowest BCUT2D eigenvalue weighted by molar-refractivity contribution is -0.132. The number of nitrogens with one attached hydrogen (secondary N) is 1. The molecule has 2 atom stereocenters. The lowest BCUT2D eigenvalue weighted by atomic mass is 10.0. The Hall–Kier alpha value is -3.82.